The molecular formula is C23H25N5O2. The number of benzene rings is 2. The number of nitrogen functional groups attached to an aromatic ring is 1. The van der Waals surface area contributed by atoms with E-state index in [0.717, 1.165) is 5.69 Å². The van der Waals surface area contributed by atoms with Crippen molar-refractivity contribution in [1.82, 2.24) is 0 Å². The molecule has 7 nitrogen and oxygen atoms in total. The normalized spacial score (nSPS) is 11.2. The van der Waals surface area contributed by atoms with E-state index in [9.17, 15) is 9.90 Å². The van der Waals surface area contributed by atoms with Gasteiger partial charge in [-0.05, 0) is 36.2 Å². The second-order valence-corrected chi connectivity index (χ2v) is 6.81. The molecule has 0 unspecified atom stereocenters. The first-order valence-electron chi connectivity index (χ1n) is 9.62. The van der Waals surface area contributed by atoms with E-state index in [1.807, 2.05) is 47.3 Å². The summed E-state index contributed by atoms with van der Waals surface area (Å²) in [7, 11) is 3.47. The van der Waals surface area contributed by atoms with Crippen molar-refractivity contribution in [2.45, 2.75) is 13.0 Å². The van der Waals surface area contributed by atoms with Crippen molar-refractivity contribution in [1.29, 1.82) is 0 Å². The number of nitrogens with one attached hydrogen (secondary N) is 1. The van der Waals surface area contributed by atoms with Gasteiger partial charge in [-0.25, -0.2) is 4.57 Å². The minimum Gasteiger partial charge on any atom is -0.862 e. The van der Waals surface area contributed by atoms with Crippen LogP contribution in [0.2, 0.25) is 0 Å². The van der Waals surface area contributed by atoms with E-state index < -0.39 is 0 Å². The summed E-state index contributed by atoms with van der Waals surface area (Å²) >= 11 is 0. The summed E-state index contributed by atoms with van der Waals surface area (Å²) in [4.78, 5) is 18.7. The van der Waals surface area contributed by atoms with Crippen molar-refractivity contribution >= 4 is 34.6 Å². The molecule has 154 valence electrons. The summed E-state index contributed by atoms with van der Waals surface area (Å²) in [5.41, 5.74) is 8.72. The number of nitrogens with two attached hydrogens (primary N) is 1. The van der Waals surface area contributed by atoms with Gasteiger partial charge in [0.2, 0.25) is 0 Å². The van der Waals surface area contributed by atoms with Crippen molar-refractivity contribution in [3.63, 3.8) is 0 Å². The lowest BCUT2D eigenvalue weighted by molar-refractivity contribution is -0.696. The molecule has 0 aliphatic carbocycles. The molecule has 0 spiro atoms. The van der Waals surface area contributed by atoms with Crippen LogP contribution < -0.4 is 25.6 Å². The smallest absolute Gasteiger partial charge is 0.258 e. The van der Waals surface area contributed by atoms with Gasteiger partial charge in [0.05, 0.1) is 11.4 Å². The largest absolute Gasteiger partial charge is 0.862 e. The van der Waals surface area contributed by atoms with Gasteiger partial charge in [0, 0.05) is 49.6 Å². The molecule has 3 N–H and O–H groups in total. The van der Waals surface area contributed by atoms with Crippen LogP contribution in [0.25, 0.3) is 0 Å². The van der Waals surface area contributed by atoms with Crippen LogP contribution in [-0.4, -0.2) is 25.9 Å². The fourth-order valence-corrected chi connectivity index (χ4v) is 2.96. The molecule has 2 aromatic carbocycles. The predicted octanol–water partition coefficient (Wildman–Crippen LogP) is 2.36. The number of nitrogens with zero attached hydrogens (tertiary/aromatic N) is 3. The Bertz CT molecular complexity index is 1030. The molecule has 1 aromatic heterocycles. The van der Waals surface area contributed by atoms with Crippen molar-refractivity contribution in [3.8, 4) is 0 Å². The van der Waals surface area contributed by atoms with E-state index in [1.165, 1.54) is 0 Å². The molecule has 30 heavy (non-hydrogen) atoms. The van der Waals surface area contributed by atoms with Crippen LogP contribution in [-0.2, 0) is 6.54 Å². The summed E-state index contributed by atoms with van der Waals surface area (Å²) in [6, 6.07) is 18.1. The number of aryl methyl sites for hydroxylation is 1. The van der Waals surface area contributed by atoms with Gasteiger partial charge >= 0.3 is 0 Å². The van der Waals surface area contributed by atoms with Gasteiger partial charge in [-0.1, -0.05) is 18.2 Å². The highest BCUT2D eigenvalue weighted by atomic mass is 16.3. The van der Waals surface area contributed by atoms with Crippen molar-refractivity contribution < 1.29 is 14.5 Å². The highest BCUT2D eigenvalue weighted by Gasteiger charge is 2.15. The number of carbonyl (C=O) groups is 1. The van der Waals surface area contributed by atoms with Gasteiger partial charge in [-0.3, -0.25) is 9.79 Å². The van der Waals surface area contributed by atoms with Crippen LogP contribution in [0.1, 0.15) is 16.8 Å². The summed E-state index contributed by atoms with van der Waals surface area (Å²) in [6.45, 7) is 0.493. The summed E-state index contributed by atoms with van der Waals surface area (Å²) in [5.74, 6) is -0.443. The highest BCUT2D eigenvalue weighted by molar-refractivity contribution is 6.06. The molecule has 0 saturated carbocycles. The fraction of sp³-hybridized carbons (Fsp3) is 0.174. The summed E-state index contributed by atoms with van der Waals surface area (Å²) in [5, 5.41) is 15.4. The standard InChI is InChI=1S/C23H25N5O2/c1-25-20-9-8-17(23(30)27(2)19-6-4-3-5-7-19)16-21(20)26-22(29)12-15-28-13-10-18(24)11-14-28/h3-11,13-14,16,24H,12,15H2,1-2H3,(H2,25,26,29,30). The lowest BCUT2D eigenvalue weighted by Crippen LogP contribution is -2.35. The first-order valence-corrected chi connectivity index (χ1v) is 9.62. The fourth-order valence-electron chi connectivity index (χ4n) is 2.96. The molecule has 0 radical (unpaired) electrons. The Morgan fingerprint density at radius 2 is 1.83 bits per heavy atom. The molecule has 3 rings (SSSR count). The van der Waals surface area contributed by atoms with Gasteiger partial charge in [-0.15, -0.1) is 0 Å². The Balaban J connectivity index is 1.78. The van der Waals surface area contributed by atoms with Gasteiger partial charge in [0.15, 0.2) is 18.9 Å². The molecule has 0 saturated heterocycles. The Kier molecular flexibility index (Phi) is 6.64. The second kappa shape index (κ2) is 9.56. The van der Waals surface area contributed by atoms with Gasteiger partial charge in [0.1, 0.15) is 0 Å². The number of para-hydroxylation sites is 1. The molecule has 1 heterocycles. The first kappa shape index (κ1) is 20.9. The van der Waals surface area contributed by atoms with Crippen LogP contribution >= 0.6 is 0 Å². The van der Waals surface area contributed by atoms with Crippen molar-refractivity contribution in [3.05, 3.63) is 78.6 Å². The van der Waals surface area contributed by atoms with E-state index in [4.69, 9.17) is 5.73 Å². The molecule has 0 fully saturated rings. The van der Waals surface area contributed by atoms with Crippen LogP contribution in [0.4, 0.5) is 22.7 Å². The Morgan fingerprint density at radius 3 is 2.50 bits per heavy atom. The average Bonchev–Trinajstić information content (AvgIpc) is 2.78. The maximum atomic E-state index is 12.9. The Hall–Kier alpha value is -3.87. The number of hydrogen-bond acceptors (Lipinski definition) is 5. The number of anilines is 3. The molecule has 3 aromatic rings. The zero-order valence-electron chi connectivity index (χ0n) is 17.1. The molecule has 0 atom stereocenters. The van der Waals surface area contributed by atoms with E-state index >= 15 is 0 Å². The minimum atomic E-state index is -0.267. The minimum absolute atomic E-state index is 0.176. The zero-order chi connectivity index (χ0) is 21.5. The molecule has 7 heteroatoms. The summed E-state index contributed by atoms with van der Waals surface area (Å²) < 4.78 is 1.87. The van der Waals surface area contributed by atoms with Gasteiger partial charge in [-0.2, -0.15) is 0 Å². The lowest BCUT2D eigenvalue weighted by Gasteiger charge is -2.18. The molecule has 1 amide bonds. The number of amides is 1. The molecular weight excluding hydrogens is 378 g/mol. The number of pyridine rings is 1. The Labute approximate surface area is 176 Å². The molecule has 0 aliphatic heterocycles. The van der Waals surface area contributed by atoms with E-state index in [2.05, 4.69) is 10.3 Å². The number of aromatic nitrogens is 1. The second-order valence-electron chi connectivity index (χ2n) is 6.81. The van der Waals surface area contributed by atoms with Crippen molar-refractivity contribution in [2.24, 2.45) is 4.99 Å². The van der Waals surface area contributed by atoms with E-state index in [1.54, 1.807) is 49.3 Å². The topological polar surface area (TPSA) is 97.7 Å². The third-order valence-corrected chi connectivity index (χ3v) is 4.71. The third kappa shape index (κ3) is 5.14. The number of hydrogen-bond donors (Lipinski definition) is 2. The van der Waals surface area contributed by atoms with Gasteiger partial charge < -0.3 is 21.1 Å². The molecule has 0 aliphatic rings. The van der Waals surface area contributed by atoms with Crippen molar-refractivity contribution in [2.75, 3.05) is 30.0 Å². The van der Waals surface area contributed by atoms with Crippen LogP contribution in [0.3, 0.4) is 0 Å². The number of rotatable bonds is 7. The Morgan fingerprint density at radius 1 is 1.13 bits per heavy atom. The monoisotopic (exact) mass is 403 g/mol. The number of aliphatic imine (C=N–C) groups is 1. The number of carbonyl (C=O) groups excluding carboxylic acids is 1. The first-order chi connectivity index (χ1) is 14.5. The SMILES string of the molecule is CNc1ccc(C(=O)N(C)c2ccccc2)cc1N=C([O-])CC[n+]1ccc(N)cc1. The van der Waals surface area contributed by atoms with Crippen LogP contribution in [0.15, 0.2) is 78.0 Å². The van der Waals surface area contributed by atoms with Crippen LogP contribution in [0.5, 0.6) is 0 Å². The van der Waals surface area contributed by atoms with E-state index in [-0.39, 0.29) is 18.2 Å². The van der Waals surface area contributed by atoms with Gasteiger partial charge in [0.25, 0.3) is 5.91 Å². The predicted molar refractivity (Wildman–Crippen MR) is 118 cm³/mol. The molecule has 0 bridgehead atoms. The highest BCUT2D eigenvalue weighted by Crippen LogP contribution is 2.27. The third-order valence-electron chi connectivity index (χ3n) is 4.71. The zero-order valence-corrected chi connectivity index (χ0v) is 17.1. The van der Waals surface area contributed by atoms with E-state index in [0.29, 0.717) is 29.2 Å². The quantitative estimate of drug-likeness (QED) is 0.359. The lowest BCUT2D eigenvalue weighted by atomic mass is 10.1. The average molecular weight is 403 g/mol. The van der Waals surface area contributed by atoms with Crippen LogP contribution in [0, 0.1) is 0 Å². The maximum absolute atomic E-state index is 12.9. The maximum Gasteiger partial charge on any atom is 0.258 e. The summed E-state index contributed by atoms with van der Waals surface area (Å²) in [6.07, 6.45) is 3.88.